The average molecular weight is 403 g/mol. The van der Waals surface area contributed by atoms with Crippen LogP contribution in [0.25, 0.3) is 0 Å². The van der Waals surface area contributed by atoms with Crippen molar-refractivity contribution in [2.45, 2.75) is 47.1 Å². The quantitative estimate of drug-likeness (QED) is 0.561. The second-order valence-electron chi connectivity index (χ2n) is 8.83. The molecule has 1 aliphatic rings. The minimum absolute atomic E-state index is 0.329. The summed E-state index contributed by atoms with van der Waals surface area (Å²) in [6.07, 6.45) is 0. The van der Waals surface area contributed by atoms with Crippen LogP contribution < -0.4 is 15.4 Å². The van der Waals surface area contributed by atoms with E-state index in [1.807, 2.05) is 13.0 Å². The topological polar surface area (TPSA) is 105 Å². The van der Waals surface area contributed by atoms with Gasteiger partial charge in [0.1, 0.15) is 17.2 Å². The fourth-order valence-corrected chi connectivity index (χ4v) is 3.11. The number of hydrogen-bond donors (Lipinski definition) is 2. The van der Waals surface area contributed by atoms with Crippen molar-refractivity contribution in [3.05, 3.63) is 23.8 Å². The number of ketones is 1. The third-order valence-electron chi connectivity index (χ3n) is 4.79. The molecule has 0 radical (unpaired) electrons. The molecule has 1 aliphatic heterocycles. The SMILES string of the molecule is COc1ccc(C)cc1NC(=O)C(CN1C(=O)NC(C)(C)C1=O)C(=O)C(C)(C)C. The first-order chi connectivity index (χ1) is 13.3. The van der Waals surface area contributed by atoms with Gasteiger partial charge in [0.25, 0.3) is 5.91 Å². The number of methoxy groups -OCH3 is 1. The molecule has 0 spiro atoms. The number of urea groups is 1. The van der Waals surface area contributed by atoms with Gasteiger partial charge in [-0.2, -0.15) is 0 Å². The van der Waals surface area contributed by atoms with Crippen molar-refractivity contribution in [1.29, 1.82) is 0 Å². The van der Waals surface area contributed by atoms with Crippen LogP contribution in [0.1, 0.15) is 40.2 Å². The van der Waals surface area contributed by atoms with E-state index in [0.29, 0.717) is 11.4 Å². The first-order valence-corrected chi connectivity index (χ1v) is 9.42. The molecule has 8 nitrogen and oxygen atoms in total. The third-order valence-corrected chi connectivity index (χ3v) is 4.79. The van der Waals surface area contributed by atoms with E-state index >= 15 is 0 Å². The van der Waals surface area contributed by atoms with E-state index in [0.717, 1.165) is 10.5 Å². The van der Waals surface area contributed by atoms with E-state index in [-0.39, 0.29) is 12.3 Å². The van der Waals surface area contributed by atoms with Crippen molar-refractivity contribution in [3.8, 4) is 5.75 Å². The Balaban J connectivity index is 2.35. The van der Waals surface area contributed by atoms with E-state index < -0.39 is 34.7 Å². The summed E-state index contributed by atoms with van der Waals surface area (Å²) in [7, 11) is 1.48. The van der Waals surface area contributed by atoms with Gasteiger partial charge in [-0.1, -0.05) is 26.8 Å². The number of aryl methyl sites for hydroxylation is 1. The highest BCUT2D eigenvalue weighted by molar-refractivity contribution is 6.12. The zero-order valence-electron chi connectivity index (χ0n) is 18.0. The van der Waals surface area contributed by atoms with Gasteiger partial charge < -0.3 is 15.4 Å². The molecule has 0 aromatic heterocycles. The summed E-state index contributed by atoms with van der Waals surface area (Å²) in [5.74, 6) is -2.22. The van der Waals surface area contributed by atoms with Gasteiger partial charge in [0.2, 0.25) is 5.91 Å². The summed E-state index contributed by atoms with van der Waals surface area (Å²) in [5.41, 5.74) is -0.603. The molecule has 4 amide bonds. The van der Waals surface area contributed by atoms with Crippen LogP contribution >= 0.6 is 0 Å². The van der Waals surface area contributed by atoms with Gasteiger partial charge in [-0.05, 0) is 38.5 Å². The number of carbonyl (C=O) groups excluding carboxylic acids is 4. The van der Waals surface area contributed by atoms with Gasteiger partial charge in [0.05, 0.1) is 12.8 Å². The fraction of sp³-hybridized carbons (Fsp3) is 0.524. The Labute approximate surface area is 171 Å². The second kappa shape index (κ2) is 7.85. The van der Waals surface area contributed by atoms with Crippen LogP contribution in [0.2, 0.25) is 0 Å². The molecule has 1 fully saturated rings. The number of nitrogens with zero attached hydrogens (tertiary/aromatic N) is 1. The lowest BCUT2D eigenvalue weighted by Crippen LogP contribution is -2.47. The lowest BCUT2D eigenvalue weighted by molar-refractivity contribution is -0.138. The molecular formula is C21H29N3O5. The first-order valence-electron chi connectivity index (χ1n) is 9.42. The molecule has 2 N–H and O–H groups in total. The minimum atomic E-state index is -1.22. The largest absolute Gasteiger partial charge is 0.495 e. The van der Waals surface area contributed by atoms with Gasteiger partial charge in [-0.25, -0.2) is 4.79 Å². The maximum absolute atomic E-state index is 13.1. The molecule has 158 valence electrons. The molecule has 1 aromatic carbocycles. The van der Waals surface area contributed by atoms with Gasteiger partial charge in [0, 0.05) is 12.0 Å². The third kappa shape index (κ3) is 4.75. The zero-order chi connectivity index (χ0) is 22.1. The van der Waals surface area contributed by atoms with E-state index in [1.54, 1.807) is 46.8 Å². The molecular weight excluding hydrogens is 374 g/mol. The maximum atomic E-state index is 13.1. The van der Waals surface area contributed by atoms with Crippen molar-refractivity contribution in [2.24, 2.45) is 11.3 Å². The van der Waals surface area contributed by atoms with Crippen molar-refractivity contribution in [2.75, 3.05) is 19.0 Å². The van der Waals surface area contributed by atoms with Gasteiger partial charge in [-0.15, -0.1) is 0 Å². The highest BCUT2D eigenvalue weighted by Gasteiger charge is 2.47. The number of benzene rings is 1. The molecule has 1 atom stereocenters. The van der Waals surface area contributed by atoms with Gasteiger partial charge in [0.15, 0.2) is 5.78 Å². The molecule has 1 saturated heterocycles. The summed E-state index contributed by atoms with van der Waals surface area (Å²) >= 11 is 0. The number of rotatable bonds is 6. The predicted molar refractivity (Wildman–Crippen MR) is 109 cm³/mol. The Morgan fingerprint density at radius 2 is 1.86 bits per heavy atom. The van der Waals surface area contributed by atoms with Crippen molar-refractivity contribution < 1.29 is 23.9 Å². The summed E-state index contributed by atoms with van der Waals surface area (Å²) in [5, 5.41) is 5.29. The Hall–Kier alpha value is -2.90. The zero-order valence-corrected chi connectivity index (χ0v) is 18.0. The van der Waals surface area contributed by atoms with Crippen LogP contribution in [0.5, 0.6) is 5.75 Å². The van der Waals surface area contributed by atoms with Gasteiger partial charge >= 0.3 is 6.03 Å². The number of Topliss-reactive ketones (excluding diaryl/α,β-unsaturated/α-hetero) is 1. The molecule has 0 bridgehead atoms. The summed E-state index contributed by atoms with van der Waals surface area (Å²) in [6.45, 7) is 9.76. The van der Waals surface area contributed by atoms with Crippen molar-refractivity contribution in [3.63, 3.8) is 0 Å². The summed E-state index contributed by atoms with van der Waals surface area (Å²) < 4.78 is 5.28. The lowest BCUT2D eigenvalue weighted by Gasteiger charge is -2.27. The monoisotopic (exact) mass is 403 g/mol. The molecule has 1 heterocycles. The van der Waals surface area contributed by atoms with Crippen LogP contribution in [0.4, 0.5) is 10.5 Å². The molecule has 2 rings (SSSR count). The minimum Gasteiger partial charge on any atom is -0.495 e. The number of hydrogen-bond acceptors (Lipinski definition) is 5. The van der Waals surface area contributed by atoms with Crippen molar-refractivity contribution >= 4 is 29.3 Å². The maximum Gasteiger partial charge on any atom is 0.325 e. The smallest absolute Gasteiger partial charge is 0.325 e. The highest BCUT2D eigenvalue weighted by atomic mass is 16.5. The normalized spacial score (nSPS) is 17.0. The molecule has 0 aliphatic carbocycles. The Bertz CT molecular complexity index is 854. The average Bonchev–Trinajstić information content (AvgIpc) is 2.79. The van der Waals surface area contributed by atoms with E-state index in [2.05, 4.69) is 10.6 Å². The molecule has 0 saturated carbocycles. The van der Waals surface area contributed by atoms with E-state index in [9.17, 15) is 19.2 Å². The van der Waals surface area contributed by atoms with Crippen LogP contribution in [0, 0.1) is 18.3 Å². The number of carbonyl (C=O) groups is 4. The van der Waals surface area contributed by atoms with Crippen LogP contribution in [0.15, 0.2) is 18.2 Å². The number of ether oxygens (including phenoxy) is 1. The molecule has 29 heavy (non-hydrogen) atoms. The van der Waals surface area contributed by atoms with Crippen LogP contribution in [-0.2, 0) is 14.4 Å². The Morgan fingerprint density at radius 1 is 1.24 bits per heavy atom. The Morgan fingerprint density at radius 3 is 2.34 bits per heavy atom. The van der Waals surface area contributed by atoms with E-state index in [4.69, 9.17) is 4.74 Å². The Kier molecular flexibility index (Phi) is 6.06. The molecule has 8 heteroatoms. The summed E-state index contributed by atoms with van der Waals surface area (Å²) in [6, 6.07) is 4.66. The summed E-state index contributed by atoms with van der Waals surface area (Å²) in [4.78, 5) is 51.9. The van der Waals surface area contributed by atoms with Crippen LogP contribution in [0.3, 0.4) is 0 Å². The number of anilines is 1. The number of amides is 4. The van der Waals surface area contributed by atoms with Crippen molar-refractivity contribution in [1.82, 2.24) is 10.2 Å². The molecule has 1 aromatic rings. The molecule has 1 unspecified atom stereocenters. The van der Waals surface area contributed by atoms with Crippen LogP contribution in [-0.4, -0.2) is 47.7 Å². The number of imide groups is 1. The first kappa shape index (κ1) is 22.4. The van der Waals surface area contributed by atoms with E-state index in [1.165, 1.54) is 7.11 Å². The fourth-order valence-electron chi connectivity index (χ4n) is 3.11. The second-order valence-corrected chi connectivity index (χ2v) is 8.83. The van der Waals surface area contributed by atoms with Gasteiger partial charge in [-0.3, -0.25) is 19.3 Å². The standard InChI is InChI=1S/C21H29N3O5/c1-12-8-9-15(29-7)14(10-12)22-17(26)13(16(25)20(2,3)4)11-24-18(27)21(5,6)23-19(24)28/h8-10,13H,11H2,1-7H3,(H,22,26)(H,23,28). The predicted octanol–water partition coefficient (Wildman–Crippen LogP) is 2.50. The number of nitrogens with one attached hydrogen (secondary N) is 2. The highest BCUT2D eigenvalue weighted by Crippen LogP contribution is 2.28. The lowest BCUT2D eigenvalue weighted by atomic mass is 9.82.